The summed E-state index contributed by atoms with van der Waals surface area (Å²) in [4.78, 5) is 41.8. The Bertz CT molecular complexity index is 1360. The molecule has 3 aliphatic rings. The zero-order valence-electron chi connectivity index (χ0n) is 17.6. The number of allylic oxidation sites excluding steroid dienone is 2. The zero-order chi connectivity index (χ0) is 24.5. The van der Waals surface area contributed by atoms with E-state index in [4.69, 9.17) is 5.73 Å². The molecule has 1 amide bonds. The fourth-order valence-electron chi connectivity index (χ4n) is 5.42. The van der Waals surface area contributed by atoms with Gasteiger partial charge >= 0.3 is 0 Å². The Morgan fingerprint density at radius 3 is 2.50 bits per heavy atom. The van der Waals surface area contributed by atoms with Crippen molar-refractivity contribution in [2.45, 2.75) is 24.9 Å². The number of phenolic OH excluding ortho intramolecular Hbond substituents is 1. The zero-order valence-corrected chi connectivity index (χ0v) is 17.6. The summed E-state index contributed by atoms with van der Waals surface area (Å²) in [6, 6.07) is 5.50. The number of aliphatic hydroxyl groups excluding tert-OH is 2. The van der Waals surface area contributed by atoms with Crippen LogP contribution in [-0.4, -0.2) is 48.5 Å². The first-order valence-corrected chi connectivity index (χ1v) is 10.5. The van der Waals surface area contributed by atoms with Crippen molar-refractivity contribution in [3.8, 4) is 16.9 Å². The number of amides is 1. The lowest BCUT2D eigenvalue weighted by Crippen LogP contribution is -2.57. The number of carbonyl (C=O) groups is 3. The van der Waals surface area contributed by atoms with Crippen LogP contribution in [0, 0.1) is 17.8 Å². The molecule has 0 aliphatic heterocycles. The normalized spacial score (nSPS) is 26.2. The van der Waals surface area contributed by atoms with Crippen LogP contribution in [-0.2, 0) is 16.0 Å². The van der Waals surface area contributed by atoms with Gasteiger partial charge in [-0.05, 0) is 48.1 Å². The highest BCUT2D eigenvalue weighted by molar-refractivity contribution is 6.24. The van der Waals surface area contributed by atoms with E-state index in [9.17, 15) is 39.2 Å². The van der Waals surface area contributed by atoms with Crippen LogP contribution in [0.5, 0.6) is 5.75 Å². The predicted octanol–water partition coefficient (Wildman–Crippen LogP) is 1.78. The van der Waals surface area contributed by atoms with Gasteiger partial charge in [0.05, 0.1) is 5.56 Å². The number of fused-ring (bicyclic) bond motifs is 3. The Kier molecular flexibility index (Phi) is 4.63. The number of carbonyl (C=O) groups excluding carboxylic acids is 3. The summed E-state index contributed by atoms with van der Waals surface area (Å²) in [7, 11) is 0. The highest BCUT2D eigenvalue weighted by Crippen LogP contribution is 2.52. The first-order valence-electron chi connectivity index (χ1n) is 10.5. The average Bonchev–Trinajstić information content (AvgIpc) is 2.77. The van der Waals surface area contributed by atoms with Crippen molar-refractivity contribution >= 4 is 17.5 Å². The van der Waals surface area contributed by atoms with Crippen LogP contribution >= 0.6 is 0 Å². The molecule has 9 nitrogen and oxygen atoms in total. The quantitative estimate of drug-likeness (QED) is 0.329. The summed E-state index contributed by atoms with van der Waals surface area (Å²) >= 11 is 0. The summed E-state index contributed by atoms with van der Waals surface area (Å²) in [5.41, 5.74) is 2.90. The Balaban J connectivity index is 1.68. The first-order chi connectivity index (χ1) is 16.1. The second-order valence-electron chi connectivity index (χ2n) is 8.77. The molecule has 0 fully saturated rings. The second kappa shape index (κ2) is 7.22. The number of hydrogen-bond acceptors (Lipinski definition) is 8. The standard InChI is InChI=1S/C24H19FN2O7/c25-16-4-1-9(8-27-16)12-2-3-14(28)18-13(12)6-10-5-11-7-15(29)19(23(26)33)22(32)24(11,34)21(31)17(10)20(18)30/h1-4,8,10-11,28-29,31,34H,5-7H2,(H2,26,33)/t10-,11+,24+/m1/s1. The van der Waals surface area contributed by atoms with E-state index in [1.165, 1.54) is 18.3 Å². The van der Waals surface area contributed by atoms with Crippen molar-refractivity contribution in [2.75, 3.05) is 0 Å². The second-order valence-corrected chi connectivity index (χ2v) is 8.77. The van der Waals surface area contributed by atoms with Crippen LogP contribution in [0.25, 0.3) is 11.1 Å². The highest BCUT2D eigenvalue weighted by atomic mass is 19.1. The summed E-state index contributed by atoms with van der Waals surface area (Å²) < 4.78 is 13.3. The van der Waals surface area contributed by atoms with Gasteiger partial charge in [-0.2, -0.15) is 4.39 Å². The number of rotatable bonds is 2. The van der Waals surface area contributed by atoms with Gasteiger partial charge in [0.1, 0.15) is 22.8 Å². The lowest BCUT2D eigenvalue weighted by atomic mass is 9.60. The highest BCUT2D eigenvalue weighted by Gasteiger charge is 2.59. The van der Waals surface area contributed by atoms with Gasteiger partial charge in [-0.1, -0.05) is 6.07 Å². The third kappa shape index (κ3) is 2.81. The number of primary amides is 1. The van der Waals surface area contributed by atoms with Crippen LogP contribution in [0.1, 0.15) is 28.8 Å². The summed E-state index contributed by atoms with van der Waals surface area (Å²) in [5.74, 6) is -7.52. The van der Waals surface area contributed by atoms with E-state index >= 15 is 0 Å². The molecule has 3 atom stereocenters. The number of nitrogens with zero attached hydrogens (tertiary/aromatic N) is 1. The van der Waals surface area contributed by atoms with E-state index in [1.54, 1.807) is 6.07 Å². The van der Waals surface area contributed by atoms with Crippen molar-refractivity contribution in [1.29, 1.82) is 0 Å². The monoisotopic (exact) mass is 466 g/mol. The van der Waals surface area contributed by atoms with E-state index < -0.39 is 57.9 Å². The fraction of sp³-hybridized carbons (Fsp3) is 0.250. The van der Waals surface area contributed by atoms with Crippen molar-refractivity contribution < 1.29 is 39.2 Å². The van der Waals surface area contributed by atoms with Crippen molar-refractivity contribution in [1.82, 2.24) is 4.98 Å². The molecular weight excluding hydrogens is 447 g/mol. The molecule has 1 aromatic carbocycles. The van der Waals surface area contributed by atoms with E-state index in [0.717, 1.165) is 6.07 Å². The summed E-state index contributed by atoms with van der Waals surface area (Å²) in [6.45, 7) is 0. The van der Waals surface area contributed by atoms with Crippen molar-refractivity contribution in [2.24, 2.45) is 17.6 Å². The van der Waals surface area contributed by atoms with Gasteiger partial charge in [-0.25, -0.2) is 4.98 Å². The average molecular weight is 466 g/mol. The molecule has 5 rings (SSSR count). The van der Waals surface area contributed by atoms with Gasteiger partial charge in [0.15, 0.2) is 11.4 Å². The maximum absolute atomic E-state index is 13.5. The van der Waals surface area contributed by atoms with Crippen LogP contribution in [0.15, 0.2) is 53.1 Å². The number of aromatic nitrogens is 1. The molecule has 0 saturated carbocycles. The van der Waals surface area contributed by atoms with Crippen LogP contribution in [0.4, 0.5) is 4.39 Å². The number of aliphatic hydroxyl groups is 3. The summed E-state index contributed by atoms with van der Waals surface area (Å²) in [6.07, 6.45) is 1.17. The minimum Gasteiger partial charge on any atom is -0.511 e. The summed E-state index contributed by atoms with van der Waals surface area (Å²) in [5, 5.41) is 42.9. The van der Waals surface area contributed by atoms with Gasteiger partial charge in [-0.3, -0.25) is 14.4 Å². The smallest absolute Gasteiger partial charge is 0.255 e. The number of pyridine rings is 1. The van der Waals surface area contributed by atoms with Gasteiger partial charge in [-0.15, -0.1) is 0 Å². The van der Waals surface area contributed by atoms with Crippen molar-refractivity contribution in [3.63, 3.8) is 0 Å². The molecular formula is C24H19FN2O7. The maximum atomic E-state index is 13.5. The van der Waals surface area contributed by atoms with Crippen LogP contribution < -0.4 is 5.73 Å². The number of benzene rings is 1. The van der Waals surface area contributed by atoms with Gasteiger partial charge in [0.25, 0.3) is 5.91 Å². The number of phenols is 1. The minimum absolute atomic E-state index is 0.0275. The first kappa shape index (κ1) is 21.8. The Labute approximate surface area is 191 Å². The number of Topliss-reactive ketones (excluding diaryl/α,β-unsaturated/α-hetero) is 2. The molecule has 10 heteroatoms. The molecule has 174 valence electrons. The van der Waals surface area contributed by atoms with Crippen LogP contribution in [0.2, 0.25) is 0 Å². The van der Waals surface area contributed by atoms with Gasteiger partial charge in [0.2, 0.25) is 11.7 Å². The van der Waals surface area contributed by atoms with E-state index in [0.29, 0.717) is 16.7 Å². The fourth-order valence-corrected chi connectivity index (χ4v) is 5.42. The number of halogens is 1. The Morgan fingerprint density at radius 2 is 1.85 bits per heavy atom. The van der Waals surface area contributed by atoms with Crippen LogP contribution in [0.3, 0.4) is 0 Å². The Hall–Kier alpha value is -4.05. The third-order valence-electron chi connectivity index (χ3n) is 6.98. The lowest BCUT2D eigenvalue weighted by molar-refractivity contribution is -0.144. The molecule has 3 aliphatic carbocycles. The molecule has 0 spiro atoms. The molecule has 6 N–H and O–H groups in total. The predicted molar refractivity (Wildman–Crippen MR) is 114 cm³/mol. The molecule has 0 unspecified atom stereocenters. The van der Waals surface area contributed by atoms with Crippen molar-refractivity contribution in [3.05, 3.63) is 70.2 Å². The molecule has 2 aromatic rings. The maximum Gasteiger partial charge on any atom is 0.255 e. The van der Waals surface area contributed by atoms with E-state index in [2.05, 4.69) is 4.98 Å². The Morgan fingerprint density at radius 1 is 1.12 bits per heavy atom. The topological polar surface area (TPSA) is 171 Å². The number of ketones is 2. The molecule has 34 heavy (non-hydrogen) atoms. The molecule has 1 aromatic heterocycles. The number of aromatic hydroxyl groups is 1. The van der Waals surface area contributed by atoms with E-state index in [-0.39, 0.29) is 36.1 Å². The van der Waals surface area contributed by atoms with Gasteiger partial charge in [0, 0.05) is 29.7 Å². The number of hydrogen-bond donors (Lipinski definition) is 5. The SMILES string of the molecule is NC(=O)C1=C(O)C[C@@H]2C[C@@H]3Cc4c(-c5ccc(F)nc5)ccc(O)c4C(=O)C3=C(O)[C@]2(O)C1=O. The molecule has 1 heterocycles. The number of nitrogens with two attached hydrogens (primary N) is 1. The molecule has 0 saturated heterocycles. The minimum atomic E-state index is -2.61. The van der Waals surface area contributed by atoms with E-state index in [1.807, 2.05) is 0 Å². The largest absolute Gasteiger partial charge is 0.511 e. The molecule has 0 bridgehead atoms. The lowest BCUT2D eigenvalue weighted by Gasteiger charge is -2.45. The van der Waals surface area contributed by atoms with Gasteiger partial charge < -0.3 is 26.2 Å². The third-order valence-corrected chi connectivity index (χ3v) is 6.98. The molecule has 0 radical (unpaired) electrons.